The molecule has 8 heterocycles. The molecule has 20 nitrogen and oxygen atoms in total. The van der Waals surface area contributed by atoms with Crippen LogP contribution in [0.4, 0.5) is 0 Å². The second-order valence-corrected chi connectivity index (χ2v) is 21.0. The number of amides is 4. The summed E-state index contributed by atoms with van der Waals surface area (Å²) in [6, 6.07) is 0. The molecule has 0 saturated heterocycles. The lowest BCUT2D eigenvalue weighted by Crippen LogP contribution is -2.15. The van der Waals surface area contributed by atoms with E-state index in [1.807, 2.05) is 39.8 Å². The monoisotopic (exact) mass is 1160 g/mol. The Bertz CT molecular complexity index is 3980. The van der Waals surface area contributed by atoms with Crippen LogP contribution in [0.3, 0.4) is 0 Å². The molecule has 4 aromatic heterocycles. The molecule has 0 bridgehead atoms. The molecule has 0 saturated carbocycles. The first-order valence-electron chi connectivity index (χ1n) is 27.5. The Labute approximate surface area is 494 Å². The number of carbonyl (C=O) groups is 8. The number of carbonyl (C=O) groups excluding carboxylic acids is 4. The summed E-state index contributed by atoms with van der Waals surface area (Å²) in [4.78, 5) is 117. The van der Waals surface area contributed by atoms with Gasteiger partial charge in [0.2, 0.25) is 0 Å². The van der Waals surface area contributed by atoms with E-state index in [1.165, 1.54) is 12.2 Å². The molecule has 0 radical (unpaired) electrons. The fourth-order valence-electron chi connectivity index (χ4n) is 10.7. The summed E-state index contributed by atoms with van der Waals surface area (Å²) in [7, 11) is 0. The molecule has 0 aromatic carbocycles. The third-order valence-corrected chi connectivity index (χ3v) is 15.7. The molecule has 0 aliphatic carbocycles. The van der Waals surface area contributed by atoms with Gasteiger partial charge in [-0.15, -0.1) is 0 Å². The van der Waals surface area contributed by atoms with Crippen molar-refractivity contribution in [2.75, 3.05) is 0 Å². The molecular formula is C66H68N8O12. The van der Waals surface area contributed by atoms with Crippen molar-refractivity contribution in [2.45, 2.75) is 107 Å². The predicted molar refractivity (Wildman–Crippen MR) is 329 cm³/mol. The minimum Gasteiger partial charge on any atom is -0.481 e. The summed E-state index contributed by atoms with van der Waals surface area (Å²) in [5.74, 6) is -4.91. The molecule has 8 rings (SSSR count). The molecule has 0 atom stereocenters. The van der Waals surface area contributed by atoms with Gasteiger partial charge in [-0.3, -0.25) is 38.4 Å². The zero-order valence-electron chi connectivity index (χ0n) is 49.2. The number of aliphatic carboxylic acids is 4. The highest BCUT2D eigenvalue weighted by atomic mass is 16.4. The van der Waals surface area contributed by atoms with E-state index >= 15 is 0 Å². The Morgan fingerprint density at radius 2 is 0.698 bits per heavy atom. The third-order valence-electron chi connectivity index (χ3n) is 15.7. The normalized spacial score (nSPS) is 16.9. The Balaban J connectivity index is 0.000000246. The van der Waals surface area contributed by atoms with Crippen LogP contribution in [0.1, 0.15) is 121 Å². The Hall–Kier alpha value is -10.5. The van der Waals surface area contributed by atoms with E-state index in [-0.39, 0.29) is 75.0 Å². The highest BCUT2D eigenvalue weighted by Gasteiger charge is 2.26. The number of allylic oxidation sites excluding steroid dienone is 4. The lowest BCUT2D eigenvalue weighted by atomic mass is 10.0. The quantitative estimate of drug-likeness (QED) is 0.0426. The van der Waals surface area contributed by atoms with Crippen molar-refractivity contribution in [1.29, 1.82) is 0 Å². The number of hydrogen-bond donors (Lipinski definition) is 10. The van der Waals surface area contributed by atoms with Crippen LogP contribution in [0.15, 0.2) is 117 Å². The van der Waals surface area contributed by atoms with E-state index in [2.05, 4.69) is 66.9 Å². The van der Waals surface area contributed by atoms with Crippen LogP contribution in [0.2, 0.25) is 0 Å². The number of rotatable bonds is 22. The van der Waals surface area contributed by atoms with Crippen LogP contribution in [0, 0.1) is 27.7 Å². The topological polar surface area (TPSA) is 329 Å². The lowest BCUT2D eigenvalue weighted by Gasteiger charge is -2.02. The van der Waals surface area contributed by atoms with Gasteiger partial charge in [0, 0.05) is 103 Å². The van der Waals surface area contributed by atoms with Gasteiger partial charge in [0.25, 0.3) is 23.6 Å². The molecule has 4 aromatic rings. The van der Waals surface area contributed by atoms with Crippen molar-refractivity contribution in [1.82, 2.24) is 30.6 Å². The number of aromatic nitrogens is 4. The number of aliphatic imine (C=N–C) groups is 2. The van der Waals surface area contributed by atoms with Crippen LogP contribution in [0.25, 0.3) is 36.5 Å². The molecule has 0 spiro atoms. The standard InChI is InChI=1S/2C33H34N4O6/c2*1-7-20-19(6)32(42)37-27(20)14-25-18(5)23(10-12-31(40)41)29(35-25)15-28-22(9-11-30(38)39)17(4)24(34-28)13-26-16(3)21(8-2)33(43)36-26/h2*7-8,13-15,34-35H,1-2,9-12H2,3-6H3,(H,37,42)(H,38,39)(H,40,41)/b2*24-13?,27-14-,28-15-. The van der Waals surface area contributed by atoms with E-state index in [0.717, 1.165) is 44.5 Å². The molecule has 0 fully saturated rings. The van der Waals surface area contributed by atoms with Gasteiger partial charge in [-0.2, -0.15) is 0 Å². The van der Waals surface area contributed by atoms with Crippen molar-refractivity contribution >= 4 is 95.4 Å². The highest BCUT2D eigenvalue weighted by molar-refractivity contribution is 6.32. The van der Waals surface area contributed by atoms with Crippen LogP contribution < -0.4 is 32.0 Å². The number of aromatic amines is 4. The maximum absolute atomic E-state index is 12.3. The summed E-state index contributed by atoms with van der Waals surface area (Å²) in [6.45, 7) is 29.5. The molecule has 86 heavy (non-hydrogen) atoms. The molecule has 4 amide bonds. The fraction of sp³-hybridized carbons (Fsp3) is 0.242. The van der Waals surface area contributed by atoms with Gasteiger partial charge in [-0.05, 0) is 173 Å². The van der Waals surface area contributed by atoms with Gasteiger partial charge >= 0.3 is 23.9 Å². The first kappa shape index (κ1) is 63.1. The number of nitrogens with one attached hydrogen (secondary N) is 6. The minimum absolute atomic E-state index is 0.0943. The number of hydrogen-bond acceptors (Lipinski definition) is 8. The van der Waals surface area contributed by atoms with Crippen LogP contribution >= 0.6 is 0 Å². The maximum atomic E-state index is 12.3. The summed E-state index contributed by atoms with van der Waals surface area (Å²) in [6.07, 6.45) is 17.6. The molecule has 0 unspecified atom stereocenters. The minimum atomic E-state index is -0.941. The molecule has 4 aliphatic heterocycles. The van der Waals surface area contributed by atoms with E-state index < -0.39 is 23.9 Å². The molecule has 20 heteroatoms. The smallest absolute Gasteiger partial charge is 0.303 e. The number of nitrogens with zero attached hydrogens (tertiary/aromatic N) is 2. The zero-order chi connectivity index (χ0) is 63.2. The highest BCUT2D eigenvalue weighted by Crippen LogP contribution is 2.30. The fourth-order valence-corrected chi connectivity index (χ4v) is 10.7. The number of carboxylic acids is 4. The van der Waals surface area contributed by atoms with Crippen LogP contribution in [-0.4, -0.2) is 99.3 Å². The van der Waals surface area contributed by atoms with Crippen molar-refractivity contribution in [3.05, 3.63) is 195 Å². The van der Waals surface area contributed by atoms with Gasteiger partial charge in [0.05, 0.1) is 22.8 Å². The van der Waals surface area contributed by atoms with E-state index in [9.17, 15) is 58.8 Å². The van der Waals surface area contributed by atoms with Crippen molar-refractivity contribution in [2.24, 2.45) is 9.98 Å². The Morgan fingerprint density at radius 1 is 0.384 bits per heavy atom. The first-order valence-corrected chi connectivity index (χ1v) is 27.5. The van der Waals surface area contributed by atoms with Crippen molar-refractivity contribution in [3.63, 3.8) is 0 Å². The molecule has 4 aliphatic rings. The van der Waals surface area contributed by atoms with Crippen LogP contribution in [0.5, 0.6) is 0 Å². The van der Waals surface area contributed by atoms with E-state index in [4.69, 9.17) is 0 Å². The summed E-state index contributed by atoms with van der Waals surface area (Å²) in [5.41, 5.74) is 15.9. The number of carboxylic acid groups (broad SMARTS) is 4. The average Bonchev–Trinajstić information content (AvgIpc) is 2.80. The predicted octanol–water partition coefficient (Wildman–Crippen LogP) is 6.12. The van der Waals surface area contributed by atoms with Gasteiger partial charge in [-0.1, -0.05) is 50.6 Å². The van der Waals surface area contributed by atoms with Gasteiger partial charge in [0.15, 0.2) is 0 Å². The van der Waals surface area contributed by atoms with Crippen molar-refractivity contribution in [3.8, 4) is 0 Å². The van der Waals surface area contributed by atoms with E-state index in [1.54, 1.807) is 64.2 Å². The third kappa shape index (κ3) is 13.4. The zero-order valence-corrected chi connectivity index (χ0v) is 49.2. The van der Waals surface area contributed by atoms with Gasteiger partial charge in [-0.25, -0.2) is 9.98 Å². The second-order valence-electron chi connectivity index (χ2n) is 21.0. The summed E-state index contributed by atoms with van der Waals surface area (Å²) < 4.78 is 0. The Kier molecular flexibility index (Phi) is 19.4. The SMILES string of the molecule is C=CC1=C(C)C(C=c2[nH]/c(=C\c3[nH]c(/C=C4\NC(=O)C(C)=C4C=C)c(C)c3CCC(=O)O)c(CCC(=O)O)c2C)=NC1=O.C=CC1=C(C)C(C=c2[nH]/c(=C\c3[nH]c(/C=C4\NC(=O)C(C)=C4C=C)c(C)c3CCC(=O)O)c(CCC(=O)O)c2C)=NC1=O. The summed E-state index contributed by atoms with van der Waals surface area (Å²) in [5, 5.41) is 46.0. The lowest BCUT2D eigenvalue weighted by molar-refractivity contribution is -0.138. The Morgan fingerprint density at radius 3 is 0.988 bits per heavy atom. The van der Waals surface area contributed by atoms with Crippen LogP contribution in [-0.2, 0) is 64.0 Å². The first-order chi connectivity index (χ1) is 40.7. The summed E-state index contributed by atoms with van der Waals surface area (Å²) >= 11 is 0. The number of H-pyrrole nitrogens is 4. The molecule has 10 N–H and O–H groups in total. The molecular weight excluding hydrogens is 1100 g/mol. The van der Waals surface area contributed by atoms with Gasteiger partial charge in [0.1, 0.15) is 0 Å². The average molecular weight is 1170 g/mol. The second kappa shape index (κ2) is 26.4. The van der Waals surface area contributed by atoms with E-state index in [0.29, 0.717) is 112 Å². The molecule has 444 valence electrons. The van der Waals surface area contributed by atoms with Crippen molar-refractivity contribution < 1.29 is 58.8 Å². The maximum Gasteiger partial charge on any atom is 0.303 e. The largest absolute Gasteiger partial charge is 0.481 e. The van der Waals surface area contributed by atoms with Gasteiger partial charge < -0.3 is 51.0 Å².